The molecule has 1 aliphatic heterocycles. The maximum atomic E-state index is 12.7. The zero-order valence-corrected chi connectivity index (χ0v) is 15.7. The van der Waals surface area contributed by atoms with Gasteiger partial charge in [0.05, 0.1) is 5.41 Å². The molecule has 2 unspecified atom stereocenters. The number of carbonyl (C=O) groups excluding carboxylic acids is 1. The largest absolute Gasteiger partial charge is 0.354 e. The van der Waals surface area contributed by atoms with Crippen molar-refractivity contribution in [2.75, 3.05) is 26.2 Å². The topological polar surface area (TPSA) is 32.3 Å². The summed E-state index contributed by atoms with van der Waals surface area (Å²) in [6.45, 7) is 8.71. The minimum absolute atomic E-state index is 0.203. The molecule has 0 spiro atoms. The molecule has 1 aromatic carbocycles. The lowest BCUT2D eigenvalue weighted by atomic mass is 9.92. The Kier molecular flexibility index (Phi) is 5.12. The molecule has 0 aromatic heterocycles. The lowest BCUT2D eigenvalue weighted by Crippen LogP contribution is -2.44. The summed E-state index contributed by atoms with van der Waals surface area (Å²) in [6, 6.07) is 8.19. The van der Waals surface area contributed by atoms with Crippen molar-refractivity contribution in [3.8, 4) is 0 Å². The number of hydrogen-bond donors (Lipinski definition) is 1. The third-order valence-corrected chi connectivity index (χ3v) is 5.71. The fraction of sp³-hybridized carbons (Fsp3) is 0.632. The first-order chi connectivity index (χ1) is 11.0. The zero-order chi connectivity index (χ0) is 16.4. The second kappa shape index (κ2) is 6.94. The first-order valence-corrected chi connectivity index (χ1v) is 9.55. The Morgan fingerprint density at radius 3 is 2.61 bits per heavy atom. The molecule has 2 fully saturated rings. The second-order valence-electron chi connectivity index (χ2n) is 7.55. The molecule has 1 aromatic rings. The molecule has 0 bridgehead atoms. The van der Waals surface area contributed by atoms with E-state index in [9.17, 15) is 4.79 Å². The Bertz CT molecular complexity index is 560. The van der Waals surface area contributed by atoms with Crippen LogP contribution in [0, 0.1) is 11.8 Å². The van der Waals surface area contributed by atoms with E-state index in [1.54, 1.807) is 0 Å². The van der Waals surface area contributed by atoms with Gasteiger partial charge in [0.25, 0.3) is 0 Å². The van der Waals surface area contributed by atoms with E-state index in [-0.39, 0.29) is 11.3 Å². The van der Waals surface area contributed by atoms with E-state index < -0.39 is 0 Å². The van der Waals surface area contributed by atoms with Crippen LogP contribution in [0.4, 0.5) is 0 Å². The van der Waals surface area contributed by atoms with Crippen LogP contribution >= 0.6 is 15.9 Å². The molecule has 0 radical (unpaired) electrons. The molecule has 23 heavy (non-hydrogen) atoms. The number of halogens is 1. The van der Waals surface area contributed by atoms with Gasteiger partial charge in [0.2, 0.25) is 5.91 Å². The highest BCUT2D eigenvalue weighted by atomic mass is 79.9. The Hall–Kier alpha value is -0.870. The summed E-state index contributed by atoms with van der Waals surface area (Å²) in [5.41, 5.74) is 0.872. The molecule has 2 aliphatic rings. The van der Waals surface area contributed by atoms with Crippen molar-refractivity contribution in [3.63, 3.8) is 0 Å². The molecule has 1 saturated carbocycles. The predicted octanol–water partition coefficient (Wildman–Crippen LogP) is 3.57. The van der Waals surface area contributed by atoms with E-state index in [0.717, 1.165) is 60.9 Å². The van der Waals surface area contributed by atoms with Crippen LogP contribution in [0.5, 0.6) is 0 Å². The summed E-state index contributed by atoms with van der Waals surface area (Å²) in [6.07, 6.45) is 3.26. The number of benzene rings is 1. The number of piperidine rings is 1. The van der Waals surface area contributed by atoms with Gasteiger partial charge >= 0.3 is 0 Å². The van der Waals surface area contributed by atoms with Crippen molar-refractivity contribution in [2.24, 2.45) is 11.8 Å². The van der Waals surface area contributed by atoms with Crippen LogP contribution in [0.1, 0.15) is 38.7 Å². The number of rotatable bonds is 5. The molecule has 2 atom stereocenters. The summed E-state index contributed by atoms with van der Waals surface area (Å²) in [4.78, 5) is 15.2. The summed E-state index contributed by atoms with van der Waals surface area (Å²) in [7, 11) is 0. The summed E-state index contributed by atoms with van der Waals surface area (Å²) >= 11 is 3.51. The molecule has 1 saturated heterocycles. The van der Waals surface area contributed by atoms with E-state index in [1.807, 2.05) is 12.1 Å². The third-order valence-electron chi connectivity index (χ3n) is 5.22. The SMILES string of the molecule is CC1CC(C)CN(CCNC(=O)C2(c3cccc(Br)c3)CC2)C1. The van der Waals surface area contributed by atoms with Crippen LogP contribution in [0.2, 0.25) is 0 Å². The quantitative estimate of drug-likeness (QED) is 0.848. The monoisotopic (exact) mass is 378 g/mol. The Balaban J connectivity index is 1.52. The van der Waals surface area contributed by atoms with Gasteiger partial charge in [-0.3, -0.25) is 4.79 Å². The van der Waals surface area contributed by atoms with E-state index in [1.165, 1.54) is 6.42 Å². The van der Waals surface area contributed by atoms with Crippen LogP contribution < -0.4 is 5.32 Å². The van der Waals surface area contributed by atoms with Crippen molar-refractivity contribution < 1.29 is 4.79 Å². The van der Waals surface area contributed by atoms with Crippen LogP contribution in [0.3, 0.4) is 0 Å². The molecule has 1 amide bonds. The van der Waals surface area contributed by atoms with E-state index in [4.69, 9.17) is 0 Å². The molecule has 1 heterocycles. The fourth-order valence-corrected chi connectivity index (χ4v) is 4.43. The smallest absolute Gasteiger partial charge is 0.230 e. The molecule has 4 heteroatoms. The maximum absolute atomic E-state index is 12.7. The fourth-order valence-electron chi connectivity index (χ4n) is 4.03. The number of likely N-dealkylation sites (tertiary alicyclic amines) is 1. The zero-order valence-electron chi connectivity index (χ0n) is 14.1. The second-order valence-corrected chi connectivity index (χ2v) is 8.47. The van der Waals surface area contributed by atoms with E-state index in [0.29, 0.717) is 0 Å². The van der Waals surface area contributed by atoms with Crippen molar-refractivity contribution in [1.29, 1.82) is 0 Å². The first kappa shape index (κ1) is 17.0. The van der Waals surface area contributed by atoms with Crippen LogP contribution in [-0.4, -0.2) is 37.0 Å². The van der Waals surface area contributed by atoms with Crippen molar-refractivity contribution >= 4 is 21.8 Å². The Labute approximate surface area is 148 Å². The van der Waals surface area contributed by atoms with E-state index >= 15 is 0 Å². The van der Waals surface area contributed by atoms with Crippen molar-refractivity contribution in [3.05, 3.63) is 34.3 Å². The van der Waals surface area contributed by atoms with Crippen molar-refractivity contribution in [2.45, 2.75) is 38.5 Å². The van der Waals surface area contributed by atoms with Crippen LogP contribution in [-0.2, 0) is 10.2 Å². The Morgan fingerprint density at radius 1 is 1.30 bits per heavy atom. The van der Waals surface area contributed by atoms with E-state index in [2.05, 4.69) is 52.1 Å². The highest BCUT2D eigenvalue weighted by Gasteiger charge is 2.51. The van der Waals surface area contributed by atoms with Gasteiger partial charge in [-0.2, -0.15) is 0 Å². The Morgan fingerprint density at radius 2 is 2.00 bits per heavy atom. The molecular weight excluding hydrogens is 352 g/mol. The average molecular weight is 379 g/mol. The first-order valence-electron chi connectivity index (χ1n) is 8.76. The van der Waals surface area contributed by atoms with Gasteiger partial charge < -0.3 is 10.2 Å². The lowest BCUT2D eigenvalue weighted by molar-refractivity contribution is -0.123. The van der Waals surface area contributed by atoms with Gasteiger partial charge in [-0.1, -0.05) is 41.9 Å². The van der Waals surface area contributed by atoms with Gasteiger partial charge in [0, 0.05) is 30.7 Å². The summed E-state index contributed by atoms with van der Waals surface area (Å²) in [5, 5.41) is 3.18. The highest BCUT2D eigenvalue weighted by molar-refractivity contribution is 9.10. The molecule has 1 aliphatic carbocycles. The normalized spacial score (nSPS) is 26.7. The molecule has 3 rings (SSSR count). The van der Waals surface area contributed by atoms with Gasteiger partial charge in [0.1, 0.15) is 0 Å². The minimum atomic E-state index is -0.272. The number of hydrogen-bond acceptors (Lipinski definition) is 2. The van der Waals surface area contributed by atoms with Crippen molar-refractivity contribution in [1.82, 2.24) is 10.2 Å². The standard InChI is InChI=1S/C19H27BrN2O/c1-14-10-15(2)13-22(12-14)9-8-21-18(23)19(6-7-19)16-4-3-5-17(20)11-16/h3-5,11,14-15H,6-10,12-13H2,1-2H3,(H,21,23). The predicted molar refractivity (Wildman–Crippen MR) is 97.4 cm³/mol. The molecular formula is C19H27BrN2O. The minimum Gasteiger partial charge on any atom is -0.354 e. The third kappa shape index (κ3) is 3.97. The van der Waals surface area contributed by atoms with Gasteiger partial charge in [0.15, 0.2) is 0 Å². The van der Waals surface area contributed by atoms with Crippen LogP contribution in [0.25, 0.3) is 0 Å². The molecule has 3 nitrogen and oxygen atoms in total. The number of carbonyl (C=O) groups is 1. The molecule has 126 valence electrons. The summed E-state index contributed by atoms with van der Waals surface area (Å²) in [5.74, 6) is 1.74. The number of amides is 1. The number of nitrogens with zero attached hydrogens (tertiary/aromatic N) is 1. The van der Waals surface area contributed by atoms with Gasteiger partial charge in [-0.15, -0.1) is 0 Å². The average Bonchev–Trinajstić information content (AvgIpc) is 3.28. The molecule has 1 N–H and O–H groups in total. The van der Waals surface area contributed by atoms with Gasteiger partial charge in [-0.25, -0.2) is 0 Å². The number of nitrogens with one attached hydrogen (secondary N) is 1. The van der Waals surface area contributed by atoms with Gasteiger partial charge in [-0.05, 0) is 48.8 Å². The lowest BCUT2D eigenvalue weighted by Gasteiger charge is -2.35. The maximum Gasteiger partial charge on any atom is 0.230 e. The highest BCUT2D eigenvalue weighted by Crippen LogP contribution is 2.48. The van der Waals surface area contributed by atoms with Crippen LogP contribution in [0.15, 0.2) is 28.7 Å². The summed E-state index contributed by atoms with van der Waals surface area (Å²) < 4.78 is 1.05.